The number of thiazole rings is 1. The van der Waals surface area contributed by atoms with E-state index in [0.29, 0.717) is 24.1 Å². The monoisotopic (exact) mass is 448 g/mol. The van der Waals surface area contributed by atoms with Crippen molar-refractivity contribution >= 4 is 28.3 Å². The summed E-state index contributed by atoms with van der Waals surface area (Å²) >= 11 is 1.43. The van der Waals surface area contributed by atoms with Gasteiger partial charge < -0.3 is 14.8 Å². The molecule has 0 bridgehead atoms. The number of likely N-dealkylation sites (tertiary alicyclic amines) is 1. The van der Waals surface area contributed by atoms with E-state index >= 15 is 0 Å². The number of hydrogen-bond donors (Lipinski definition) is 1. The van der Waals surface area contributed by atoms with E-state index < -0.39 is 0 Å². The highest BCUT2D eigenvalue weighted by atomic mass is 32.1. The summed E-state index contributed by atoms with van der Waals surface area (Å²) in [5.74, 6) is -0.273. The lowest BCUT2D eigenvalue weighted by molar-refractivity contribution is -0.128. The van der Waals surface area contributed by atoms with Crippen molar-refractivity contribution in [2.45, 2.75) is 52.1 Å². The van der Waals surface area contributed by atoms with E-state index in [1.54, 1.807) is 0 Å². The van der Waals surface area contributed by atoms with Crippen LogP contribution in [0.3, 0.4) is 0 Å². The zero-order chi connectivity index (χ0) is 22.2. The Kier molecular flexibility index (Phi) is 5.59. The third-order valence-electron chi connectivity index (χ3n) is 6.57. The van der Waals surface area contributed by atoms with Gasteiger partial charge in [0.15, 0.2) is 5.13 Å². The standard InChI is InChI=1S/C25H28N4O2S/c1-16-12-21(17(2)28(16)11-10-18-6-4-3-5-7-18)22-15-32-25(26-22)27-24(31)19-13-23(30)29(14-19)20-8-9-20/h3-7,12,15,19-20H,8-11,13-14H2,1-2H3,(H,26,27,31)/t19-/m0/s1. The lowest BCUT2D eigenvalue weighted by Crippen LogP contribution is -2.29. The Hall–Kier alpha value is -2.93. The van der Waals surface area contributed by atoms with Gasteiger partial charge in [-0.25, -0.2) is 4.98 Å². The van der Waals surface area contributed by atoms with E-state index in [-0.39, 0.29) is 17.7 Å². The van der Waals surface area contributed by atoms with Gasteiger partial charge in [-0.15, -0.1) is 11.3 Å². The number of amides is 2. The highest BCUT2D eigenvalue weighted by molar-refractivity contribution is 7.14. The predicted octanol–water partition coefficient (Wildman–Crippen LogP) is 4.42. The van der Waals surface area contributed by atoms with Gasteiger partial charge in [-0.1, -0.05) is 30.3 Å². The molecule has 1 aromatic carbocycles. The molecule has 1 aliphatic carbocycles. The molecular formula is C25H28N4O2S. The molecule has 0 radical (unpaired) electrons. The summed E-state index contributed by atoms with van der Waals surface area (Å²) in [6.45, 7) is 5.71. The number of carbonyl (C=O) groups is 2. The fourth-order valence-electron chi connectivity index (χ4n) is 4.60. The van der Waals surface area contributed by atoms with Crippen LogP contribution in [-0.4, -0.2) is 38.9 Å². The van der Waals surface area contributed by atoms with Gasteiger partial charge in [0.2, 0.25) is 11.8 Å². The van der Waals surface area contributed by atoms with Crippen LogP contribution in [0.1, 0.15) is 36.2 Å². The molecule has 2 aliphatic rings. The van der Waals surface area contributed by atoms with Crippen LogP contribution >= 0.6 is 11.3 Å². The summed E-state index contributed by atoms with van der Waals surface area (Å²) < 4.78 is 2.33. The summed E-state index contributed by atoms with van der Waals surface area (Å²) in [4.78, 5) is 31.4. The van der Waals surface area contributed by atoms with Crippen molar-refractivity contribution in [3.63, 3.8) is 0 Å². The Morgan fingerprint density at radius 1 is 1.22 bits per heavy atom. The summed E-state index contributed by atoms with van der Waals surface area (Å²) in [6, 6.07) is 13.0. The van der Waals surface area contributed by atoms with E-state index in [0.717, 1.165) is 37.1 Å². The summed E-state index contributed by atoms with van der Waals surface area (Å²) in [6.07, 6.45) is 3.43. The second kappa shape index (κ2) is 8.54. The molecule has 0 spiro atoms. The van der Waals surface area contributed by atoms with Crippen LogP contribution in [0, 0.1) is 19.8 Å². The SMILES string of the molecule is Cc1cc(-c2csc(NC(=O)[C@H]3CC(=O)N(C4CC4)C3)n2)c(C)n1CCc1ccccc1. The quantitative estimate of drug-likeness (QED) is 0.582. The van der Waals surface area contributed by atoms with Crippen molar-refractivity contribution in [1.82, 2.24) is 14.5 Å². The van der Waals surface area contributed by atoms with Crippen LogP contribution < -0.4 is 5.32 Å². The van der Waals surface area contributed by atoms with Gasteiger partial charge in [-0.3, -0.25) is 9.59 Å². The van der Waals surface area contributed by atoms with Crippen molar-refractivity contribution in [1.29, 1.82) is 0 Å². The second-order valence-corrected chi connectivity index (χ2v) is 9.74. The van der Waals surface area contributed by atoms with Crippen LogP contribution in [0.2, 0.25) is 0 Å². The average molecular weight is 449 g/mol. The first-order valence-electron chi connectivity index (χ1n) is 11.3. The number of nitrogens with one attached hydrogen (secondary N) is 1. The maximum atomic E-state index is 12.7. The minimum atomic E-state index is -0.279. The first-order chi connectivity index (χ1) is 15.5. The van der Waals surface area contributed by atoms with Gasteiger partial charge in [0.05, 0.1) is 11.6 Å². The number of carbonyl (C=O) groups excluding carboxylic acids is 2. The number of anilines is 1. The van der Waals surface area contributed by atoms with Crippen LogP contribution in [0.25, 0.3) is 11.3 Å². The molecule has 166 valence electrons. The van der Waals surface area contributed by atoms with Crippen LogP contribution in [0.5, 0.6) is 0 Å². The van der Waals surface area contributed by atoms with E-state index in [1.165, 1.54) is 28.3 Å². The topological polar surface area (TPSA) is 67.2 Å². The zero-order valence-corrected chi connectivity index (χ0v) is 19.3. The molecule has 5 rings (SSSR count). The molecule has 2 aromatic heterocycles. The van der Waals surface area contributed by atoms with Crippen LogP contribution in [0.15, 0.2) is 41.8 Å². The van der Waals surface area contributed by atoms with Gasteiger partial charge in [-0.2, -0.15) is 0 Å². The molecule has 1 atom stereocenters. The van der Waals surface area contributed by atoms with Gasteiger partial charge in [-0.05, 0) is 44.7 Å². The van der Waals surface area contributed by atoms with Crippen LogP contribution in [0.4, 0.5) is 5.13 Å². The highest BCUT2D eigenvalue weighted by Crippen LogP contribution is 2.34. The molecule has 2 amide bonds. The molecule has 32 heavy (non-hydrogen) atoms. The lowest BCUT2D eigenvalue weighted by atomic mass is 10.1. The Morgan fingerprint density at radius 3 is 2.75 bits per heavy atom. The summed E-state index contributed by atoms with van der Waals surface area (Å²) in [5, 5.41) is 5.53. The molecule has 1 N–H and O–H groups in total. The molecule has 7 heteroatoms. The number of nitrogens with zero attached hydrogens (tertiary/aromatic N) is 3. The summed E-state index contributed by atoms with van der Waals surface area (Å²) in [5.41, 5.74) is 5.69. The first-order valence-corrected chi connectivity index (χ1v) is 12.1. The molecule has 1 saturated heterocycles. The second-order valence-electron chi connectivity index (χ2n) is 8.88. The minimum Gasteiger partial charge on any atom is -0.348 e. The van der Waals surface area contributed by atoms with Gasteiger partial charge >= 0.3 is 0 Å². The summed E-state index contributed by atoms with van der Waals surface area (Å²) in [7, 11) is 0. The van der Waals surface area contributed by atoms with E-state index in [1.807, 2.05) is 16.3 Å². The Bertz CT molecular complexity index is 1150. The van der Waals surface area contributed by atoms with E-state index in [2.05, 4.69) is 59.0 Å². The number of benzene rings is 1. The maximum Gasteiger partial charge on any atom is 0.231 e. The van der Waals surface area contributed by atoms with Crippen molar-refractivity contribution in [3.05, 3.63) is 58.7 Å². The molecule has 2 fully saturated rings. The number of aromatic nitrogens is 2. The minimum absolute atomic E-state index is 0.101. The van der Waals surface area contributed by atoms with Crippen molar-refractivity contribution in [2.75, 3.05) is 11.9 Å². The molecule has 1 aliphatic heterocycles. The Labute approximate surface area is 192 Å². The van der Waals surface area contributed by atoms with Gasteiger partial charge in [0, 0.05) is 47.9 Å². The zero-order valence-electron chi connectivity index (χ0n) is 18.5. The Balaban J connectivity index is 1.25. The Morgan fingerprint density at radius 2 is 2.00 bits per heavy atom. The first kappa shape index (κ1) is 20.9. The normalized spacial score (nSPS) is 18.4. The fraction of sp³-hybridized carbons (Fsp3) is 0.400. The third kappa shape index (κ3) is 4.21. The fourth-order valence-corrected chi connectivity index (χ4v) is 5.31. The maximum absolute atomic E-state index is 12.7. The van der Waals surface area contributed by atoms with E-state index in [4.69, 9.17) is 0 Å². The van der Waals surface area contributed by atoms with Gasteiger partial charge in [0.25, 0.3) is 0 Å². The van der Waals surface area contributed by atoms with Crippen molar-refractivity contribution < 1.29 is 9.59 Å². The molecule has 3 heterocycles. The molecule has 1 saturated carbocycles. The van der Waals surface area contributed by atoms with E-state index in [9.17, 15) is 9.59 Å². The van der Waals surface area contributed by atoms with Crippen molar-refractivity contribution in [3.8, 4) is 11.3 Å². The molecule has 6 nitrogen and oxygen atoms in total. The number of rotatable bonds is 7. The van der Waals surface area contributed by atoms with Gasteiger partial charge in [0.1, 0.15) is 0 Å². The van der Waals surface area contributed by atoms with Crippen molar-refractivity contribution in [2.24, 2.45) is 5.92 Å². The molecule has 0 unspecified atom stereocenters. The highest BCUT2D eigenvalue weighted by Gasteiger charge is 2.41. The largest absolute Gasteiger partial charge is 0.348 e. The third-order valence-corrected chi connectivity index (χ3v) is 7.33. The molecular weight excluding hydrogens is 420 g/mol. The predicted molar refractivity (Wildman–Crippen MR) is 127 cm³/mol. The average Bonchev–Trinajstić information content (AvgIpc) is 3.29. The number of aryl methyl sites for hydroxylation is 2. The molecule has 3 aromatic rings. The smallest absolute Gasteiger partial charge is 0.231 e. The number of hydrogen-bond acceptors (Lipinski definition) is 4. The van der Waals surface area contributed by atoms with Crippen LogP contribution in [-0.2, 0) is 22.6 Å². The lowest BCUT2D eigenvalue weighted by Gasteiger charge is -2.14.